The van der Waals surface area contributed by atoms with Crippen molar-refractivity contribution in [1.82, 2.24) is 15.3 Å². The molecule has 9 heteroatoms. The van der Waals surface area contributed by atoms with Gasteiger partial charge in [-0.3, -0.25) is 9.88 Å². The SMILES string of the molecule is Cc1cc(OC2CCN(Cc3ccc(F)cc3/C(=N/N)NN)CC2)c2cc(F)ccc2n1. The van der Waals surface area contributed by atoms with Crippen molar-refractivity contribution < 1.29 is 13.5 Å². The lowest BCUT2D eigenvalue weighted by atomic mass is 10.0. The number of ether oxygens (including phenoxy) is 1. The van der Waals surface area contributed by atoms with E-state index in [1.807, 2.05) is 13.0 Å². The van der Waals surface area contributed by atoms with Gasteiger partial charge in [0.1, 0.15) is 23.5 Å². The van der Waals surface area contributed by atoms with E-state index in [0.29, 0.717) is 28.8 Å². The van der Waals surface area contributed by atoms with Crippen LogP contribution >= 0.6 is 0 Å². The number of benzene rings is 2. The summed E-state index contributed by atoms with van der Waals surface area (Å²) >= 11 is 0. The zero-order chi connectivity index (χ0) is 22.7. The maximum absolute atomic E-state index is 13.8. The lowest BCUT2D eigenvalue weighted by Crippen LogP contribution is -2.39. The number of nitrogens with one attached hydrogen (secondary N) is 1. The lowest BCUT2D eigenvalue weighted by Gasteiger charge is -2.32. The number of nitrogens with zero attached hydrogens (tertiary/aromatic N) is 3. The first-order chi connectivity index (χ1) is 15.5. The van der Waals surface area contributed by atoms with E-state index in [-0.39, 0.29) is 23.6 Å². The van der Waals surface area contributed by atoms with Crippen molar-refractivity contribution in [3.63, 3.8) is 0 Å². The second-order valence-electron chi connectivity index (χ2n) is 7.94. The number of rotatable bonds is 5. The van der Waals surface area contributed by atoms with Crippen molar-refractivity contribution in [3.8, 4) is 5.75 Å². The second kappa shape index (κ2) is 9.46. The Balaban J connectivity index is 1.44. The summed E-state index contributed by atoms with van der Waals surface area (Å²) in [5, 5.41) is 4.29. The van der Waals surface area contributed by atoms with Crippen molar-refractivity contribution in [2.24, 2.45) is 16.8 Å². The molecule has 0 unspecified atom stereocenters. The Bertz CT molecular complexity index is 1140. The number of halogens is 2. The summed E-state index contributed by atoms with van der Waals surface area (Å²) < 4.78 is 33.8. The molecule has 168 valence electrons. The summed E-state index contributed by atoms with van der Waals surface area (Å²) in [7, 11) is 0. The van der Waals surface area contributed by atoms with Crippen molar-refractivity contribution in [3.05, 3.63) is 70.9 Å². The lowest BCUT2D eigenvalue weighted by molar-refractivity contribution is 0.0978. The smallest absolute Gasteiger partial charge is 0.167 e. The number of pyridine rings is 1. The van der Waals surface area contributed by atoms with Crippen LogP contribution in [0, 0.1) is 18.6 Å². The molecule has 0 radical (unpaired) electrons. The second-order valence-corrected chi connectivity index (χ2v) is 7.94. The van der Waals surface area contributed by atoms with Crippen LogP contribution in [0.5, 0.6) is 5.75 Å². The van der Waals surface area contributed by atoms with Gasteiger partial charge in [-0.25, -0.2) is 14.6 Å². The third kappa shape index (κ3) is 4.79. The van der Waals surface area contributed by atoms with Gasteiger partial charge in [-0.1, -0.05) is 6.07 Å². The molecule has 7 nitrogen and oxygen atoms in total. The van der Waals surface area contributed by atoms with E-state index in [1.54, 1.807) is 12.1 Å². The van der Waals surface area contributed by atoms with E-state index in [4.69, 9.17) is 16.4 Å². The van der Waals surface area contributed by atoms with E-state index in [1.165, 1.54) is 24.3 Å². The fourth-order valence-corrected chi connectivity index (χ4v) is 4.09. The molecule has 2 heterocycles. The molecule has 0 atom stereocenters. The number of piperidine rings is 1. The first-order valence-electron chi connectivity index (χ1n) is 10.5. The molecule has 4 rings (SSSR count). The van der Waals surface area contributed by atoms with Crippen molar-refractivity contribution in [1.29, 1.82) is 0 Å². The average Bonchev–Trinajstić information content (AvgIpc) is 2.78. The third-order valence-electron chi connectivity index (χ3n) is 5.68. The molecule has 3 aromatic rings. The summed E-state index contributed by atoms with van der Waals surface area (Å²) in [6, 6.07) is 10.9. The van der Waals surface area contributed by atoms with Crippen molar-refractivity contribution in [2.75, 3.05) is 13.1 Å². The van der Waals surface area contributed by atoms with E-state index < -0.39 is 0 Å². The molecule has 0 spiro atoms. The van der Waals surface area contributed by atoms with Crippen molar-refractivity contribution >= 4 is 16.7 Å². The number of hydrogen-bond acceptors (Lipinski definition) is 6. The highest BCUT2D eigenvalue weighted by Gasteiger charge is 2.23. The number of hydrazine groups is 1. The van der Waals surface area contributed by atoms with Gasteiger partial charge in [-0.05, 0) is 55.7 Å². The number of amidine groups is 1. The van der Waals surface area contributed by atoms with Gasteiger partial charge in [0.05, 0.1) is 5.52 Å². The number of hydrogen-bond donors (Lipinski definition) is 3. The Morgan fingerprint density at radius 1 is 1.16 bits per heavy atom. The summed E-state index contributed by atoms with van der Waals surface area (Å²) in [4.78, 5) is 6.72. The number of nitrogens with two attached hydrogens (primary N) is 2. The Morgan fingerprint density at radius 3 is 2.59 bits per heavy atom. The highest BCUT2D eigenvalue weighted by molar-refractivity contribution is 5.99. The Kier molecular flexibility index (Phi) is 6.48. The van der Waals surface area contributed by atoms with Gasteiger partial charge in [0, 0.05) is 42.3 Å². The first-order valence-corrected chi connectivity index (χ1v) is 10.5. The molecule has 0 saturated carbocycles. The van der Waals surface area contributed by atoms with Crippen LogP contribution in [0.2, 0.25) is 0 Å². The van der Waals surface area contributed by atoms with Crippen LogP contribution in [-0.2, 0) is 6.54 Å². The minimum absolute atomic E-state index is 0.0130. The van der Waals surface area contributed by atoms with Gasteiger partial charge in [-0.15, -0.1) is 0 Å². The molecular formula is C23H26F2N6O. The monoisotopic (exact) mass is 440 g/mol. The molecule has 0 aliphatic carbocycles. The van der Waals surface area contributed by atoms with Gasteiger partial charge >= 0.3 is 0 Å². The molecule has 5 N–H and O–H groups in total. The molecule has 1 aliphatic rings. The number of fused-ring (bicyclic) bond motifs is 1. The van der Waals surface area contributed by atoms with Crippen molar-refractivity contribution in [2.45, 2.75) is 32.4 Å². The number of likely N-dealkylation sites (tertiary alicyclic amines) is 1. The number of hydrazone groups is 1. The maximum atomic E-state index is 13.8. The van der Waals surface area contributed by atoms with Crippen LogP contribution in [0.4, 0.5) is 8.78 Å². The minimum Gasteiger partial charge on any atom is -0.490 e. The molecule has 1 aromatic heterocycles. The number of aromatic nitrogens is 1. The summed E-state index contributed by atoms with van der Waals surface area (Å²) in [6.07, 6.45) is 1.63. The van der Waals surface area contributed by atoms with Crippen LogP contribution in [0.25, 0.3) is 10.9 Å². The van der Waals surface area contributed by atoms with Gasteiger partial charge in [0.25, 0.3) is 0 Å². The van der Waals surface area contributed by atoms with Crippen LogP contribution < -0.4 is 21.8 Å². The molecule has 1 aliphatic heterocycles. The topological polar surface area (TPSA) is 102 Å². The Hall–Kier alpha value is -3.30. The largest absolute Gasteiger partial charge is 0.490 e. The first kappa shape index (κ1) is 21.9. The van der Waals surface area contributed by atoms with E-state index in [9.17, 15) is 8.78 Å². The van der Waals surface area contributed by atoms with Crippen LogP contribution in [-0.4, -0.2) is 34.9 Å². The highest BCUT2D eigenvalue weighted by Crippen LogP contribution is 2.29. The van der Waals surface area contributed by atoms with E-state index in [0.717, 1.165) is 37.2 Å². The number of aryl methyl sites for hydroxylation is 1. The van der Waals surface area contributed by atoms with Crippen LogP contribution in [0.1, 0.15) is 29.7 Å². The highest BCUT2D eigenvalue weighted by atomic mass is 19.1. The quantitative estimate of drug-likeness (QED) is 0.244. The Labute approximate surface area is 185 Å². The molecule has 0 amide bonds. The maximum Gasteiger partial charge on any atom is 0.167 e. The summed E-state index contributed by atoms with van der Waals surface area (Å²) in [5.41, 5.74) is 5.37. The fourth-order valence-electron chi connectivity index (χ4n) is 4.09. The summed E-state index contributed by atoms with van der Waals surface area (Å²) in [5.74, 6) is 11.0. The van der Waals surface area contributed by atoms with Crippen LogP contribution in [0.15, 0.2) is 47.6 Å². The molecule has 2 aromatic carbocycles. The standard InChI is InChI=1S/C23H26F2N6O/c1-14-10-22(20-12-17(25)4-5-21(20)28-14)32-18-6-8-31(9-7-18)13-15-2-3-16(24)11-19(15)23(29-26)30-27/h2-5,10-12,18H,6-9,13,26-27H2,1H3,(H,29,30). The van der Waals surface area contributed by atoms with Crippen LogP contribution in [0.3, 0.4) is 0 Å². The molecule has 1 fully saturated rings. The molecule has 0 bridgehead atoms. The average molecular weight is 440 g/mol. The molecule has 32 heavy (non-hydrogen) atoms. The van der Waals surface area contributed by atoms with Gasteiger partial charge < -0.3 is 16.0 Å². The van der Waals surface area contributed by atoms with E-state index >= 15 is 0 Å². The fraction of sp³-hybridized carbons (Fsp3) is 0.304. The van der Waals surface area contributed by atoms with Gasteiger partial charge in [0.2, 0.25) is 0 Å². The minimum atomic E-state index is -0.386. The van der Waals surface area contributed by atoms with E-state index in [2.05, 4.69) is 20.4 Å². The predicted octanol–water partition coefficient (Wildman–Crippen LogP) is 2.95. The zero-order valence-electron chi connectivity index (χ0n) is 17.8. The summed E-state index contributed by atoms with van der Waals surface area (Å²) in [6.45, 7) is 4.09. The third-order valence-corrected chi connectivity index (χ3v) is 5.68. The Morgan fingerprint density at radius 2 is 1.88 bits per heavy atom. The van der Waals surface area contributed by atoms with Gasteiger partial charge in [-0.2, -0.15) is 5.10 Å². The van der Waals surface area contributed by atoms with Gasteiger partial charge in [0.15, 0.2) is 5.84 Å². The predicted molar refractivity (Wildman–Crippen MR) is 120 cm³/mol. The molecular weight excluding hydrogens is 414 g/mol. The zero-order valence-corrected chi connectivity index (χ0v) is 17.8. The molecule has 1 saturated heterocycles. The normalized spacial score (nSPS) is 15.8.